The number of likely N-dealkylation sites (tertiary alicyclic amines) is 1. The van der Waals surface area contributed by atoms with Crippen molar-refractivity contribution in [3.05, 3.63) is 29.3 Å². The summed E-state index contributed by atoms with van der Waals surface area (Å²) in [5.41, 5.74) is 3.14. The molecule has 2 rings (SSSR count). The summed E-state index contributed by atoms with van der Waals surface area (Å²) in [6.45, 7) is 9.09. The van der Waals surface area contributed by atoms with Crippen molar-refractivity contribution in [2.45, 2.75) is 65.7 Å². The summed E-state index contributed by atoms with van der Waals surface area (Å²) in [4.78, 5) is 29.5. The van der Waals surface area contributed by atoms with Crippen LogP contribution in [0.1, 0.15) is 63.0 Å². The Bertz CT molecular complexity index is 771. The van der Waals surface area contributed by atoms with Crippen LogP contribution in [-0.2, 0) is 9.59 Å². The third-order valence-electron chi connectivity index (χ3n) is 6.12. The van der Waals surface area contributed by atoms with Crippen molar-refractivity contribution in [1.82, 2.24) is 10.2 Å². The Labute approximate surface area is 187 Å². The van der Waals surface area contributed by atoms with E-state index < -0.39 is 0 Å². The maximum Gasteiger partial charge on any atom is 0.241 e. The molecule has 1 heterocycles. The molecule has 6 heteroatoms. The molecule has 0 radical (unpaired) electrons. The SMILES string of the molecule is CCCCCCNC(=O)C1CCCN(CC(=O)N(CCC#N)c2ccc(C)c(C)c2)C1. The van der Waals surface area contributed by atoms with Gasteiger partial charge >= 0.3 is 0 Å². The van der Waals surface area contributed by atoms with E-state index in [-0.39, 0.29) is 24.3 Å². The summed E-state index contributed by atoms with van der Waals surface area (Å²) in [5, 5.41) is 12.1. The zero-order chi connectivity index (χ0) is 22.6. The zero-order valence-corrected chi connectivity index (χ0v) is 19.5. The van der Waals surface area contributed by atoms with E-state index in [1.807, 2.05) is 32.0 Å². The van der Waals surface area contributed by atoms with Crippen molar-refractivity contribution in [1.29, 1.82) is 5.26 Å². The number of nitrogens with zero attached hydrogens (tertiary/aromatic N) is 3. The largest absolute Gasteiger partial charge is 0.356 e. The lowest BCUT2D eigenvalue weighted by molar-refractivity contribution is -0.128. The van der Waals surface area contributed by atoms with E-state index >= 15 is 0 Å². The van der Waals surface area contributed by atoms with Crippen LogP contribution >= 0.6 is 0 Å². The fourth-order valence-electron chi connectivity index (χ4n) is 4.05. The van der Waals surface area contributed by atoms with E-state index in [9.17, 15) is 9.59 Å². The first-order chi connectivity index (χ1) is 15.0. The van der Waals surface area contributed by atoms with Gasteiger partial charge in [-0.3, -0.25) is 14.5 Å². The summed E-state index contributed by atoms with van der Waals surface area (Å²) < 4.78 is 0. The molecule has 6 nitrogen and oxygen atoms in total. The number of carbonyl (C=O) groups is 2. The molecule has 1 aliphatic rings. The lowest BCUT2D eigenvalue weighted by Crippen LogP contribution is -2.47. The number of nitriles is 1. The number of hydrogen-bond donors (Lipinski definition) is 1. The minimum Gasteiger partial charge on any atom is -0.356 e. The van der Waals surface area contributed by atoms with Gasteiger partial charge in [0.1, 0.15) is 0 Å². The number of amides is 2. The van der Waals surface area contributed by atoms with Crippen molar-refractivity contribution in [3.63, 3.8) is 0 Å². The molecule has 1 aromatic rings. The zero-order valence-electron chi connectivity index (χ0n) is 19.5. The van der Waals surface area contributed by atoms with Gasteiger partial charge in [0, 0.05) is 25.3 Å². The Morgan fingerprint density at radius 3 is 2.74 bits per heavy atom. The van der Waals surface area contributed by atoms with Gasteiger partial charge < -0.3 is 10.2 Å². The van der Waals surface area contributed by atoms with Crippen molar-refractivity contribution in [2.75, 3.05) is 37.6 Å². The molecule has 0 aromatic heterocycles. The summed E-state index contributed by atoms with van der Waals surface area (Å²) in [6.07, 6.45) is 6.66. The van der Waals surface area contributed by atoms with E-state index in [1.54, 1.807) is 4.90 Å². The molecule has 1 atom stereocenters. The molecule has 2 amide bonds. The highest BCUT2D eigenvalue weighted by molar-refractivity contribution is 5.95. The molecule has 0 spiro atoms. The molecule has 1 N–H and O–H groups in total. The van der Waals surface area contributed by atoms with Gasteiger partial charge in [-0.15, -0.1) is 0 Å². The van der Waals surface area contributed by atoms with Crippen molar-refractivity contribution in [2.24, 2.45) is 5.92 Å². The van der Waals surface area contributed by atoms with Gasteiger partial charge in [0.25, 0.3) is 0 Å². The van der Waals surface area contributed by atoms with Crippen LogP contribution in [0.3, 0.4) is 0 Å². The monoisotopic (exact) mass is 426 g/mol. The molecule has 1 saturated heterocycles. The van der Waals surface area contributed by atoms with Gasteiger partial charge in [-0.2, -0.15) is 5.26 Å². The van der Waals surface area contributed by atoms with Crippen LogP contribution in [-0.4, -0.2) is 49.4 Å². The lowest BCUT2D eigenvalue weighted by atomic mass is 9.97. The number of unbranched alkanes of at least 4 members (excludes halogenated alkanes) is 3. The van der Waals surface area contributed by atoms with E-state index in [0.717, 1.165) is 50.0 Å². The molecule has 170 valence electrons. The number of benzene rings is 1. The standard InChI is InChI=1S/C25H38N4O2/c1-4-5-6-7-14-27-25(31)22-10-8-15-28(18-22)19-24(30)29(16-9-13-26)23-12-11-20(2)21(3)17-23/h11-12,17,22H,4-10,14-16,18-19H2,1-3H3,(H,27,31). The molecule has 1 fully saturated rings. The molecule has 1 aliphatic heterocycles. The molecule has 1 unspecified atom stereocenters. The fourth-order valence-corrected chi connectivity index (χ4v) is 4.05. The molecular weight excluding hydrogens is 388 g/mol. The maximum atomic E-state index is 13.1. The van der Waals surface area contributed by atoms with Crippen LogP contribution in [0.4, 0.5) is 5.69 Å². The van der Waals surface area contributed by atoms with Crippen LogP contribution < -0.4 is 10.2 Å². The first-order valence-electron chi connectivity index (χ1n) is 11.7. The maximum absolute atomic E-state index is 13.1. The Kier molecular flexibility index (Phi) is 10.5. The highest BCUT2D eigenvalue weighted by Crippen LogP contribution is 2.21. The first-order valence-corrected chi connectivity index (χ1v) is 11.7. The molecule has 1 aromatic carbocycles. The minimum absolute atomic E-state index is 0.0147. The molecule has 0 bridgehead atoms. The Morgan fingerprint density at radius 1 is 1.23 bits per heavy atom. The second kappa shape index (κ2) is 13.1. The Hall–Kier alpha value is -2.39. The van der Waals surface area contributed by atoms with Crippen molar-refractivity contribution >= 4 is 17.5 Å². The Morgan fingerprint density at radius 2 is 2.03 bits per heavy atom. The van der Waals surface area contributed by atoms with Crippen molar-refractivity contribution < 1.29 is 9.59 Å². The van der Waals surface area contributed by atoms with Crippen LogP contribution in [0.15, 0.2) is 18.2 Å². The predicted molar refractivity (Wildman–Crippen MR) is 125 cm³/mol. The van der Waals surface area contributed by atoms with Crippen LogP contribution in [0.2, 0.25) is 0 Å². The van der Waals surface area contributed by atoms with Gasteiger partial charge in [-0.25, -0.2) is 0 Å². The van der Waals surface area contributed by atoms with Gasteiger partial charge in [0.15, 0.2) is 0 Å². The lowest BCUT2D eigenvalue weighted by Gasteiger charge is -2.33. The molecule has 31 heavy (non-hydrogen) atoms. The fraction of sp³-hybridized carbons (Fsp3) is 0.640. The predicted octanol–water partition coefficient (Wildman–Crippen LogP) is 3.96. The Balaban J connectivity index is 1.93. The van der Waals surface area contributed by atoms with Crippen LogP contribution in [0, 0.1) is 31.1 Å². The second-order valence-electron chi connectivity index (χ2n) is 8.65. The van der Waals surface area contributed by atoms with Gasteiger partial charge in [-0.1, -0.05) is 32.3 Å². The number of hydrogen-bond acceptors (Lipinski definition) is 4. The number of piperidine rings is 1. The normalized spacial score (nSPS) is 16.5. The summed E-state index contributed by atoms with van der Waals surface area (Å²) in [5.74, 6) is 0.0465. The number of anilines is 1. The van der Waals surface area contributed by atoms with Crippen molar-refractivity contribution in [3.8, 4) is 6.07 Å². The average Bonchev–Trinajstić information content (AvgIpc) is 2.76. The summed E-state index contributed by atoms with van der Waals surface area (Å²) >= 11 is 0. The van der Waals surface area contributed by atoms with Crippen LogP contribution in [0.5, 0.6) is 0 Å². The molecule has 0 aliphatic carbocycles. The molecule has 0 saturated carbocycles. The minimum atomic E-state index is -0.0538. The van der Waals surface area contributed by atoms with E-state index in [4.69, 9.17) is 5.26 Å². The third-order valence-corrected chi connectivity index (χ3v) is 6.12. The molecular formula is C25H38N4O2. The van der Waals surface area contributed by atoms with E-state index in [0.29, 0.717) is 19.5 Å². The smallest absolute Gasteiger partial charge is 0.241 e. The third kappa shape index (κ3) is 7.99. The summed E-state index contributed by atoms with van der Waals surface area (Å²) in [7, 11) is 0. The van der Waals surface area contributed by atoms with E-state index in [1.165, 1.54) is 18.4 Å². The topological polar surface area (TPSA) is 76.4 Å². The number of rotatable bonds is 11. The van der Waals surface area contributed by atoms with E-state index in [2.05, 4.69) is 23.2 Å². The second-order valence-corrected chi connectivity index (χ2v) is 8.65. The average molecular weight is 427 g/mol. The first kappa shape index (κ1) is 24.9. The van der Waals surface area contributed by atoms with Gasteiger partial charge in [0.05, 0.1) is 25.0 Å². The number of aryl methyl sites for hydroxylation is 2. The number of nitrogens with one attached hydrogen (secondary N) is 1. The quantitative estimate of drug-likeness (QED) is 0.544. The highest BCUT2D eigenvalue weighted by atomic mass is 16.2. The highest BCUT2D eigenvalue weighted by Gasteiger charge is 2.28. The van der Waals surface area contributed by atoms with Crippen LogP contribution in [0.25, 0.3) is 0 Å². The summed E-state index contributed by atoms with van der Waals surface area (Å²) in [6, 6.07) is 8.12. The van der Waals surface area contributed by atoms with Gasteiger partial charge in [0.2, 0.25) is 11.8 Å². The number of carbonyl (C=O) groups excluding carboxylic acids is 2. The van der Waals surface area contributed by atoms with Gasteiger partial charge in [-0.05, 0) is 62.9 Å².